The molecule has 0 saturated carbocycles. The lowest BCUT2D eigenvalue weighted by Gasteiger charge is -1.97. The van der Waals surface area contributed by atoms with Crippen LogP contribution >= 0.6 is 23.2 Å². The van der Waals surface area contributed by atoms with Gasteiger partial charge in [-0.25, -0.2) is 0 Å². The largest absolute Gasteiger partial charge is 0.303 e. The molecule has 0 aliphatic heterocycles. The molecule has 1 aromatic carbocycles. The van der Waals surface area contributed by atoms with Crippen molar-refractivity contribution in [2.75, 3.05) is 0 Å². The smallest absolute Gasteiger partial charge is 0.123 e. The summed E-state index contributed by atoms with van der Waals surface area (Å²) >= 11 is 11.6. The van der Waals surface area contributed by atoms with Gasteiger partial charge in [-0.15, -0.1) is 0 Å². The van der Waals surface area contributed by atoms with Crippen molar-refractivity contribution in [2.24, 2.45) is 0 Å². The van der Waals surface area contributed by atoms with E-state index in [1.165, 1.54) is 0 Å². The highest BCUT2D eigenvalue weighted by atomic mass is 35.5. The minimum Gasteiger partial charge on any atom is -0.303 e. The average Bonchev–Trinajstić information content (AvgIpc) is 2.11. The number of aldehydes is 1. The molecule has 13 heavy (non-hydrogen) atoms. The van der Waals surface area contributed by atoms with Crippen LogP contribution in [0.15, 0.2) is 24.3 Å². The zero-order valence-corrected chi connectivity index (χ0v) is 8.35. The lowest BCUT2D eigenvalue weighted by Crippen LogP contribution is -1.75. The molecule has 0 aliphatic carbocycles. The van der Waals surface area contributed by atoms with Crippen molar-refractivity contribution < 1.29 is 4.79 Å². The Kier molecular flexibility index (Phi) is 4.00. The summed E-state index contributed by atoms with van der Waals surface area (Å²) in [5.74, 6) is 0. The van der Waals surface area contributed by atoms with Crippen LogP contribution in [0, 0.1) is 0 Å². The molecule has 0 spiro atoms. The van der Waals surface area contributed by atoms with Crippen molar-refractivity contribution in [1.29, 1.82) is 0 Å². The summed E-state index contributed by atoms with van der Waals surface area (Å²) in [6, 6.07) is 5.20. The normalized spacial score (nSPS) is 10.6. The van der Waals surface area contributed by atoms with Gasteiger partial charge in [0.15, 0.2) is 0 Å². The average molecular weight is 215 g/mol. The number of hydrogen-bond acceptors (Lipinski definition) is 1. The zero-order chi connectivity index (χ0) is 9.68. The molecule has 0 amide bonds. The molecule has 0 fully saturated rings. The Labute approximate surface area is 87.0 Å². The molecule has 0 aliphatic rings. The second-order valence-electron chi connectivity index (χ2n) is 2.47. The van der Waals surface area contributed by atoms with Crippen molar-refractivity contribution in [2.45, 2.75) is 6.42 Å². The first kappa shape index (κ1) is 10.3. The molecule has 3 heteroatoms. The maximum Gasteiger partial charge on any atom is 0.123 e. The van der Waals surface area contributed by atoms with E-state index < -0.39 is 0 Å². The van der Waals surface area contributed by atoms with Gasteiger partial charge in [-0.05, 0) is 23.8 Å². The summed E-state index contributed by atoms with van der Waals surface area (Å²) in [4.78, 5) is 10.0. The van der Waals surface area contributed by atoms with Crippen molar-refractivity contribution >= 4 is 35.6 Å². The fourth-order valence-corrected chi connectivity index (χ4v) is 1.25. The lowest BCUT2D eigenvalue weighted by atomic mass is 10.2. The molecule has 0 unspecified atom stereocenters. The first-order valence-electron chi connectivity index (χ1n) is 3.79. The van der Waals surface area contributed by atoms with Gasteiger partial charge in [-0.1, -0.05) is 35.4 Å². The van der Waals surface area contributed by atoms with Gasteiger partial charge in [0.25, 0.3) is 0 Å². The summed E-state index contributed by atoms with van der Waals surface area (Å²) < 4.78 is 0. The van der Waals surface area contributed by atoms with Crippen LogP contribution < -0.4 is 0 Å². The highest BCUT2D eigenvalue weighted by Gasteiger charge is 1.96. The second kappa shape index (κ2) is 5.05. The Morgan fingerprint density at radius 3 is 2.77 bits per heavy atom. The minimum atomic E-state index is 0.392. The number of carbonyl (C=O) groups is 1. The number of halogens is 2. The van der Waals surface area contributed by atoms with Gasteiger partial charge in [0, 0.05) is 16.5 Å². The predicted molar refractivity (Wildman–Crippen MR) is 56.2 cm³/mol. The third-order valence-electron chi connectivity index (χ3n) is 1.49. The van der Waals surface area contributed by atoms with Crippen LogP contribution in [0.4, 0.5) is 0 Å². The topological polar surface area (TPSA) is 17.1 Å². The minimum absolute atomic E-state index is 0.392. The number of allylic oxidation sites excluding steroid dienone is 1. The molecule has 1 aromatic rings. The summed E-state index contributed by atoms with van der Waals surface area (Å²) in [7, 11) is 0. The van der Waals surface area contributed by atoms with Crippen molar-refractivity contribution in [1.82, 2.24) is 0 Å². The number of benzene rings is 1. The number of rotatable bonds is 3. The van der Waals surface area contributed by atoms with Gasteiger partial charge in [-0.3, -0.25) is 0 Å². The molecule has 0 bridgehead atoms. The van der Waals surface area contributed by atoms with E-state index in [0.717, 1.165) is 11.8 Å². The van der Waals surface area contributed by atoms with Gasteiger partial charge >= 0.3 is 0 Å². The van der Waals surface area contributed by atoms with Crippen LogP contribution in [-0.4, -0.2) is 6.29 Å². The lowest BCUT2D eigenvalue weighted by molar-refractivity contribution is -0.107. The SMILES string of the molecule is O=CCC=Cc1cc(Cl)ccc1Cl. The summed E-state index contributed by atoms with van der Waals surface area (Å²) in [5, 5.41) is 1.27. The molecule has 0 heterocycles. The summed E-state index contributed by atoms with van der Waals surface area (Å²) in [5.41, 5.74) is 0.830. The van der Waals surface area contributed by atoms with E-state index in [1.807, 2.05) is 0 Å². The molecule has 68 valence electrons. The van der Waals surface area contributed by atoms with Crippen LogP contribution in [0.5, 0.6) is 0 Å². The van der Waals surface area contributed by atoms with Gasteiger partial charge in [0.05, 0.1) is 0 Å². The Morgan fingerprint density at radius 1 is 1.31 bits per heavy atom. The predicted octanol–water partition coefficient (Wildman–Crippen LogP) is 3.60. The first-order valence-corrected chi connectivity index (χ1v) is 4.55. The molecule has 0 saturated heterocycles. The van der Waals surface area contributed by atoms with E-state index in [9.17, 15) is 4.79 Å². The first-order chi connectivity index (χ1) is 6.24. The highest BCUT2D eigenvalue weighted by molar-refractivity contribution is 6.34. The Bertz CT molecular complexity index is 332. The van der Waals surface area contributed by atoms with Crippen LogP contribution in [0.1, 0.15) is 12.0 Å². The van der Waals surface area contributed by atoms with Gasteiger partial charge in [-0.2, -0.15) is 0 Å². The molecular formula is C10H8Cl2O. The fraction of sp³-hybridized carbons (Fsp3) is 0.100. The van der Waals surface area contributed by atoms with Gasteiger partial charge < -0.3 is 4.79 Å². The van der Waals surface area contributed by atoms with Crippen LogP contribution in [-0.2, 0) is 4.79 Å². The van der Waals surface area contributed by atoms with Crippen molar-refractivity contribution in [3.8, 4) is 0 Å². The van der Waals surface area contributed by atoms with Crippen LogP contribution in [0.25, 0.3) is 6.08 Å². The quantitative estimate of drug-likeness (QED) is 0.704. The summed E-state index contributed by atoms with van der Waals surface area (Å²) in [6.45, 7) is 0. The van der Waals surface area contributed by atoms with E-state index in [4.69, 9.17) is 23.2 Å². The number of hydrogen-bond donors (Lipinski definition) is 0. The molecule has 1 rings (SSSR count). The van der Waals surface area contributed by atoms with Crippen molar-refractivity contribution in [3.05, 3.63) is 39.9 Å². The van der Waals surface area contributed by atoms with E-state index in [0.29, 0.717) is 16.5 Å². The molecule has 0 radical (unpaired) electrons. The van der Waals surface area contributed by atoms with Crippen LogP contribution in [0.2, 0.25) is 10.0 Å². The third kappa shape index (κ3) is 3.21. The maximum atomic E-state index is 10.0. The Balaban J connectivity index is 2.86. The Hall–Kier alpha value is -0.790. The zero-order valence-electron chi connectivity index (χ0n) is 6.84. The van der Waals surface area contributed by atoms with E-state index in [1.54, 1.807) is 30.4 Å². The standard InChI is InChI=1S/C10H8Cl2O/c11-9-4-5-10(12)8(7-9)3-1-2-6-13/h1,3-7H,2H2. The summed E-state index contributed by atoms with van der Waals surface area (Å²) in [6.07, 6.45) is 4.74. The highest BCUT2D eigenvalue weighted by Crippen LogP contribution is 2.21. The molecule has 0 atom stereocenters. The van der Waals surface area contributed by atoms with E-state index in [2.05, 4.69) is 0 Å². The van der Waals surface area contributed by atoms with Crippen molar-refractivity contribution in [3.63, 3.8) is 0 Å². The number of carbonyl (C=O) groups excluding carboxylic acids is 1. The molecular weight excluding hydrogens is 207 g/mol. The Morgan fingerprint density at radius 2 is 2.08 bits per heavy atom. The molecule has 0 aromatic heterocycles. The van der Waals surface area contributed by atoms with Gasteiger partial charge in [0.2, 0.25) is 0 Å². The monoisotopic (exact) mass is 214 g/mol. The third-order valence-corrected chi connectivity index (χ3v) is 2.07. The maximum absolute atomic E-state index is 10.0. The fourth-order valence-electron chi connectivity index (χ4n) is 0.893. The second-order valence-corrected chi connectivity index (χ2v) is 3.31. The van der Waals surface area contributed by atoms with E-state index >= 15 is 0 Å². The molecule has 0 N–H and O–H groups in total. The van der Waals surface area contributed by atoms with Gasteiger partial charge in [0.1, 0.15) is 6.29 Å². The molecule has 1 nitrogen and oxygen atoms in total. The van der Waals surface area contributed by atoms with E-state index in [-0.39, 0.29) is 0 Å². The van der Waals surface area contributed by atoms with Crippen LogP contribution in [0.3, 0.4) is 0 Å².